The van der Waals surface area contributed by atoms with Crippen LogP contribution in [0.2, 0.25) is 0 Å². The Labute approximate surface area is 110 Å². The zero-order valence-corrected chi connectivity index (χ0v) is 10.7. The van der Waals surface area contributed by atoms with Gasteiger partial charge in [0, 0.05) is 13.1 Å². The van der Waals surface area contributed by atoms with Crippen LogP contribution in [0.4, 0.5) is 0 Å². The summed E-state index contributed by atoms with van der Waals surface area (Å²) < 4.78 is 4.93. The Morgan fingerprint density at radius 2 is 2.00 bits per heavy atom. The maximum Gasteiger partial charge on any atom is 0.259 e. The van der Waals surface area contributed by atoms with E-state index in [0.29, 0.717) is 24.4 Å². The molecule has 1 amide bonds. The molecule has 0 unspecified atom stereocenters. The summed E-state index contributed by atoms with van der Waals surface area (Å²) in [4.78, 5) is 15.8. The van der Waals surface area contributed by atoms with Crippen LogP contribution in [0.3, 0.4) is 0 Å². The average Bonchev–Trinajstić information content (AvgIpc) is 3.09. The second-order valence-corrected chi connectivity index (χ2v) is 4.67. The van der Waals surface area contributed by atoms with Crippen molar-refractivity contribution in [3.8, 4) is 0 Å². The Balaban J connectivity index is 1.64. The Morgan fingerprint density at radius 1 is 1.32 bits per heavy atom. The standard InChI is InChI=1S/C12H15N5O2/c1-9-11(8-15-19-9)12(18)16-6-2-10(3-7-16)17-13-4-5-14-17/h4-5,8,10H,2-3,6-7H2,1H3. The molecule has 7 heteroatoms. The fourth-order valence-corrected chi connectivity index (χ4v) is 2.39. The van der Waals surface area contributed by atoms with Crippen molar-refractivity contribution in [1.82, 2.24) is 25.1 Å². The molecule has 3 rings (SSSR count). The Kier molecular flexibility index (Phi) is 3.02. The molecule has 1 aliphatic heterocycles. The molecule has 19 heavy (non-hydrogen) atoms. The fraction of sp³-hybridized carbons (Fsp3) is 0.500. The summed E-state index contributed by atoms with van der Waals surface area (Å²) in [7, 11) is 0. The van der Waals surface area contributed by atoms with Gasteiger partial charge in [0.2, 0.25) is 0 Å². The Hall–Kier alpha value is -2.18. The lowest BCUT2D eigenvalue weighted by atomic mass is 10.0. The molecule has 2 aromatic heterocycles. The second kappa shape index (κ2) is 4.83. The predicted molar refractivity (Wildman–Crippen MR) is 65.4 cm³/mol. The second-order valence-electron chi connectivity index (χ2n) is 4.67. The molecule has 3 heterocycles. The van der Waals surface area contributed by atoms with Crippen LogP contribution in [-0.2, 0) is 0 Å². The minimum Gasteiger partial charge on any atom is -0.361 e. The average molecular weight is 261 g/mol. The highest BCUT2D eigenvalue weighted by Gasteiger charge is 2.27. The number of carbonyl (C=O) groups excluding carboxylic acids is 1. The first-order valence-electron chi connectivity index (χ1n) is 6.32. The van der Waals surface area contributed by atoms with Gasteiger partial charge >= 0.3 is 0 Å². The van der Waals surface area contributed by atoms with Gasteiger partial charge in [0.25, 0.3) is 5.91 Å². The van der Waals surface area contributed by atoms with E-state index in [2.05, 4.69) is 15.4 Å². The number of aryl methyl sites for hydroxylation is 1. The molecular weight excluding hydrogens is 246 g/mol. The Morgan fingerprint density at radius 3 is 2.58 bits per heavy atom. The van der Waals surface area contributed by atoms with Crippen LogP contribution in [0.1, 0.15) is 35.0 Å². The van der Waals surface area contributed by atoms with E-state index < -0.39 is 0 Å². The zero-order valence-electron chi connectivity index (χ0n) is 10.7. The van der Waals surface area contributed by atoms with Crippen molar-refractivity contribution in [2.75, 3.05) is 13.1 Å². The van der Waals surface area contributed by atoms with Gasteiger partial charge in [-0.3, -0.25) is 4.79 Å². The summed E-state index contributed by atoms with van der Waals surface area (Å²) in [6.45, 7) is 3.16. The minimum absolute atomic E-state index is 0.00868. The molecule has 7 nitrogen and oxygen atoms in total. The molecular formula is C12H15N5O2. The van der Waals surface area contributed by atoms with Crippen molar-refractivity contribution >= 4 is 5.91 Å². The minimum atomic E-state index is -0.00868. The van der Waals surface area contributed by atoms with Gasteiger partial charge < -0.3 is 9.42 Å². The largest absolute Gasteiger partial charge is 0.361 e. The number of likely N-dealkylation sites (tertiary alicyclic amines) is 1. The van der Waals surface area contributed by atoms with Crippen LogP contribution < -0.4 is 0 Å². The number of carbonyl (C=O) groups is 1. The number of nitrogens with zero attached hydrogens (tertiary/aromatic N) is 5. The summed E-state index contributed by atoms with van der Waals surface area (Å²) in [5, 5.41) is 11.9. The van der Waals surface area contributed by atoms with Gasteiger partial charge in [-0.05, 0) is 19.8 Å². The van der Waals surface area contributed by atoms with Crippen LogP contribution in [0.15, 0.2) is 23.1 Å². The SMILES string of the molecule is Cc1oncc1C(=O)N1CCC(n2nccn2)CC1. The van der Waals surface area contributed by atoms with Crippen LogP contribution in [0.25, 0.3) is 0 Å². The molecule has 0 aromatic carbocycles. The van der Waals surface area contributed by atoms with Crippen molar-refractivity contribution in [2.45, 2.75) is 25.8 Å². The third kappa shape index (κ3) is 2.23. The predicted octanol–water partition coefficient (Wildman–Crippen LogP) is 1.05. The molecule has 1 aliphatic rings. The van der Waals surface area contributed by atoms with E-state index >= 15 is 0 Å². The highest BCUT2D eigenvalue weighted by molar-refractivity contribution is 5.94. The molecule has 0 saturated carbocycles. The maximum absolute atomic E-state index is 12.3. The topological polar surface area (TPSA) is 77.0 Å². The summed E-state index contributed by atoms with van der Waals surface area (Å²) in [5.41, 5.74) is 0.552. The first-order valence-corrected chi connectivity index (χ1v) is 6.32. The molecule has 0 spiro atoms. The zero-order chi connectivity index (χ0) is 13.2. The molecule has 100 valence electrons. The van der Waals surface area contributed by atoms with Gasteiger partial charge in [-0.25, -0.2) is 0 Å². The monoisotopic (exact) mass is 261 g/mol. The third-order valence-corrected chi connectivity index (χ3v) is 3.50. The summed E-state index contributed by atoms with van der Waals surface area (Å²) in [6.07, 6.45) is 6.57. The van der Waals surface area contributed by atoms with E-state index in [1.54, 1.807) is 24.1 Å². The molecule has 1 saturated heterocycles. The van der Waals surface area contributed by atoms with Crippen molar-refractivity contribution in [1.29, 1.82) is 0 Å². The third-order valence-electron chi connectivity index (χ3n) is 3.50. The first kappa shape index (κ1) is 11.9. The van der Waals surface area contributed by atoms with E-state index in [4.69, 9.17) is 4.52 Å². The number of aromatic nitrogens is 4. The van der Waals surface area contributed by atoms with Gasteiger partial charge in [-0.2, -0.15) is 15.0 Å². The molecule has 0 radical (unpaired) electrons. The van der Waals surface area contributed by atoms with Crippen LogP contribution >= 0.6 is 0 Å². The fourth-order valence-electron chi connectivity index (χ4n) is 2.39. The van der Waals surface area contributed by atoms with E-state index in [-0.39, 0.29) is 11.9 Å². The highest BCUT2D eigenvalue weighted by Crippen LogP contribution is 2.22. The van der Waals surface area contributed by atoms with Crippen molar-refractivity contribution in [2.24, 2.45) is 0 Å². The van der Waals surface area contributed by atoms with Gasteiger partial charge in [-0.15, -0.1) is 0 Å². The summed E-state index contributed by atoms with van der Waals surface area (Å²) in [5.74, 6) is 0.562. The molecule has 0 bridgehead atoms. The van der Waals surface area contributed by atoms with Crippen LogP contribution in [-0.4, -0.2) is 44.0 Å². The number of hydrogen-bond acceptors (Lipinski definition) is 5. The van der Waals surface area contributed by atoms with Gasteiger partial charge in [0.15, 0.2) is 0 Å². The molecule has 0 N–H and O–H groups in total. The number of rotatable bonds is 2. The highest BCUT2D eigenvalue weighted by atomic mass is 16.5. The lowest BCUT2D eigenvalue weighted by Gasteiger charge is -2.31. The lowest BCUT2D eigenvalue weighted by Crippen LogP contribution is -2.39. The smallest absolute Gasteiger partial charge is 0.259 e. The molecule has 0 aliphatic carbocycles. The Bertz CT molecular complexity index is 554. The molecule has 0 atom stereocenters. The van der Waals surface area contributed by atoms with Crippen LogP contribution in [0, 0.1) is 6.92 Å². The quantitative estimate of drug-likeness (QED) is 0.807. The van der Waals surface area contributed by atoms with E-state index in [1.807, 2.05) is 4.90 Å². The van der Waals surface area contributed by atoms with Crippen LogP contribution in [0.5, 0.6) is 0 Å². The number of hydrogen-bond donors (Lipinski definition) is 0. The maximum atomic E-state index is 12.3. The van der Waals surface area contributed by atoms with Crippen molar-refractivity contribution in [3.05, 3.63) is 29.9 Å². The van der Waals surface area contributed by atoms with E-state index in [1.165, 1.54) is 6.20 Å². The first-order chi connectivity index (χ1) is 9.25. The van der Waals surface area contributed by atoms with E-state index in [9.17, 15) is 4.79 Å². The van der Waals surface area contributed by atoms with Gasteiger partial charge in [0.05, 0.1) is 24.6 Å². The summed E-state index contributed by atoms with van der Waals surface area (Å²) in [6, 6.07) is 0.280. The molecule has 2 aromatic rings. The number of amides is 1. The number of piperidine rings is 1. The molecule has 1 fully saturated rings. The lowest BCUT2D eigenvalue weighted by molar-refractivity contribution is 0.0682. The van der Waals surface area contributed by atoms with Crippen molar-refractivity contribution in [3.63, 3.8) is 0 Å². The van der Waals surface area contributed by atoms with E-state index in [0.717, 1.165) is 12.8 Å². The van der Waals surface area contributed by atoms with Gasteiger partial charge in [-0.1, -0.05) is 5.16 Å². The normalized spacial score (nSPS) is 16.8. The van der Waals surface area contributed by atoms with Crippen molar-refractivity contribution < 1.29 is 9.32 Å². The summed E-state index contributed by atoms with van der Waals surface area (Å²) >= 11 is 0. The van der Waals surface area contributed by atoms with Gasteiger partial charge in [0.1, 0.15) is 11.3 Å².